The fourth-order valence-electron chi connectivity index (χ4n) is 1.60. The van der Waals surface area contributed by atoms with Gasteiger partial charge in [-0.1, -0.05) is 35.6 Å². The Morgan fingerprint density at radius 1 is 1.39 bits per heavy atom. The van der Waals surface area contributed by atoms with Crippen LogP contribution in [-0.4, -0.2) is 22.6 Å². The van der Waals surface area contributed by atoms with Crippen LogP contribution in [0.25, 0.3) is 0 Å². The summed E-state index contributed by atoms with van der Waals surface area (Å²) in [5.41, 5.74) is 7.88. The van der Waals surface area contributed by atoms with Crippen LogP contribution >= 0.6 is 11.3 Å². The van der Waals surface area contributed by atoms with E-state index >= 15 is 0 Å². The number of carbonyl (C=O) groups is 1. The van der Waals surface area contributed by atoms with Crippen LogP contribution in [0.5, 0.6) is 0 Å². The first-order chi connectivity index (χ1) is 8.66. The van der Waals surface area contributed by atoms with Crippen molar-refractivity contribution in [3.63, 3.8) is 0 Å². The lowest BCUT2D eigenvalue weighted by Gasteiger charge is -2.05. The highest BCUT2D eigenvalue weighted by molar-refractivity contribution is 7.16. The van der Waals surface area contributed by atoms with Gasteiger partial charge in [0.1, 0.15) is 0 Å². The maximum Gasteiger partial charge on any atom is 0.282 e. The van der Waals surface area contributed by atoms with Crippen LogP contribution < -0.4 is 11.1 Å². The number of hydrogen-bond acceptors (Lipinski definition) is 5. The number of aromatic nitrogens is 2. The average Bonchev–Trinajstić information content (AvgIpc) is 2.78. The molecule has 0 saturated carbocycles. The first kappa shape index (κ1) is 12.5. The lowest BCUT2D eigenvalue weighted by molar-refractivity contribution is 0.0953. The Balaban J connectivity index is 1.86. The smallest absolute Gasteiger partial charge is 0.282 e. The Kier molecular flexibility index (Phi) is 3.88. The monoisotopic (exact) mass is 262 g/mol. The van der Waals surface area contributed by atoms with Gasteiger partial charge in [0, 0.05) is 6.54 Å². The highest BCUT2D eigenvalue weighted by Crippen LogP contribution is 2.10. The normalized spacial score (nSPS) is 10.3. The second-order valence-electron chi connectivity index (χ2n) is 3.88. The zero-order chi connectivity index (χ0) is 13.0. The highest BCUT2D eigenvalue weighted by Gasteiger charge is 2.10. The van der Waals surface area contributed by atoms with E-state index in [-0.39, 0.29) is 5.91 Å². The van der Waals surface area contributed by atoms with Crippen molar-refractivity contribution in [2.24, 2.45) is 0 Å². The lowest BCUT2D eigenvalue weighted by Crippen LogP contribution is -2.25. The van der Waals surface area contributed by atoms with E-state index in [9.17, 15) is 4.79 Å². The molecule has 6 heteroatoms. The molecule has 0 radical (unpaired) electrons. The van der Waals surface area contributed by atoms with Gasteiger partial charge in [0.05, 0.1) is 0 Å². The molecule has 2 rings (SSSR count). The zero-order valence-electron chi connectivity index (χ0n) is 10.0. The summed E-state index contributed by atoms with van der Waals surface area (Å²) < 4.78 is 0. The van der Waals surface area contributed by atoms with E-state index in [1.807, 2.05) is 12.1 Å². The fourth-order valence-corrected chi connectivity index (χ4v) is 2.13. The van der Waals surface area contributed by atoms with Crippen molar-refractivity contribution in [2.75, 3.05) is 12.3 Å². The molecule has 0 aliphatic carbocycles. The van der Waals surface area contributed by atoms with E-state index in [2.05, 4.69) is 34.6 Å². The molecule has 1 aromatic carbocycles. The third-order valence-electron chi connectivity index (χ3n) is 2.58. The van der Waals surface area contributed by atoms with Gasteiger partial charge in [0.15, 0.2) is 0 Å². The summed E-state index contributed by atoms with van der Waals surface area (Å²) in [7, 11) is 0. The molecule has 0 saturated heterocycles. The average molecular weight is 262 g/mol. The molecule has 1 heterocycles. The predicted octanol–water partition coefficient (Wildman–Crippen LogP) is 1.40. The minimum atomic E-state index is -0.224. The molecule has 0 atom stereocenters. The molecule has 18 heavy (non-hydrogen) atoms. The number of anilines is 1. The fraction of sp³-hybridized carbons (Fsp3) is 0.250. The molecule has 0 spiro atoms. The lowest BCUT2D eigenvalue weighted by atomic mass is 10.1. The number of aryl methyl sites for hydroxylation is 1. The van der Waals surface area contributed by atoms with Gasteiger partial charge >= 0.3 is 0 Å². The van der Waals surface area contributed by atoms with Crippen LogP contribution in [0.3, 0.4) is 0 Å². The summed E-state index contributed by atoms with van der Waals surface area (Å²) in [4.78, 5) is 11.7. The van der Waals surface area contributed by atoms with Crippen molar-refractivity contribution in [3.05, 3.63) is 40.4 Å². The zero-order valence-corrected chi connectivity index (χ0v) is 10.8. The third kappa shape index (κ3) is 3.04. The topological polar surface area (TPSA) is 80.9 Å². The minimum absolute atomic E-state index is 0.224. The highest BCUT2D eigenvalue weighted by atomic mass is 32.1. The van der Waals surface area contributed by atoms with E-state index in [4.69, 9.17) is 5.73 Å². The quantitative estimate of drug-likeness (QED) is 0.872. The van der Waals surface area contributed by atoms with Crippen LogP contribution in [0.2, 0.25) is 0 Å². The van der Waals surface area contributed by atoms with E-state index in [0.717, 1.165) is 17.8 Å². The molecule has 0 fully saturated rings. The Bertz CT molecular complexity index is 553. The molecule has 0 aliphatic rings. The van der Waals surface area contributed by atoms with E-state index in [1.54, 1.807) is 0 Å². The maximum absolute atomic E-state index is 11.7. The van der Waals surface area contributed by atoms with Gasteiger partial charge in [-0.25, -0.2) is 0 Å². The number of amides is 1. The number of nitrogens with zero attached hydrogens (tertiary/aromatic N) is 2. The summed E-state index contributed by atoms with van der Waals surface area (Å²) in [5.74, 6) is -0.224. The van der Waals surface area contributed by atoms with Crippen molar-refractivity contribution in [1.82, 2.24) is 15.5 Å². The first-order valence-electron chi connectivity index (χ1n) is 5.58. The number of hydrogen-bond donors (Lipinski definition) is 2. The molecular formula is C12H14N4OS. The molecule has 1 amide bonds. The van der Waals surface area contributed by atoms with Crippen molar-refractivity contribution in [3.8, 4) is 0 Å². The van der Waals surface area contributed by atoms with Crippen molar-refractivity contribution in [2.45, 2.75) is 13.3 Å². The Hall–Kier alpha value is -1.95. The van der Waals surface area contributed by atoms with Gasteiger partial charge in [-0.3, -0.25) is 4.79 Å². The van der Waals surface area contributed by atoms with Gasteiger partial charge in [0.2, 0.25) is 10.1 Å². The van der Waals surface area contributed by atoms with Gasteiger partial charge < -0.3 is 11.1 Å². The van der Waals surface area contributed by atoms with Gasteiger partial charge in [-0.15, -0.1) is 10.2 Å². The van der Waals surface area contributed by atoms with Gasteiger partial charge in [-0.2, -0.15) is 0 Å². The molecule has 0 aliphatic heterocycles. The first-order valence-corrected chi connectivity index (χ1v) is 6.40. The number of carbonyl (C=O) groups excluding carboxylic acids is 1. The van der Waals surface area contributed by atoms with E-state index in [0.29, 0.717) is 16.7 Å². The van der Waals surface area contributed by atoms with Crippen LogP contribution in [0.1, 0.15) is 20.9 Å². The molecule has 0 bridgehead atoms. The molecule has 5 nitrogen and oxygen atoms in total. The third-order valence-corrected chi connectivity index (χ3v) is 3.33. The van der Waals surface area contributed by atoms with E-state index < -0.39 is 0 Å². The molecular weight excluding hydrogens is 248 g/mol. The molecule has 94 valence electrons. The summed E-state index contributed by atoms with van der Waals surface area (Å²) >= 11 is 1.09. The number of nitrogen functional groups attached to an aromatic ring is 1. The van der Waals surface area contributed by atoms with Crippen molar-refractivity contribution >= 4 is 22.4 Å². The van der Waals surface area contributed by atoms with Gasteiger partial charge in [0.25, 0.3) is 5.91 Å². The number of nitrogens with one attached hydrogen (secondary N) is 1. The van der Waals surface area contributed by atoms with Crippen molar-refractivity contribution < 1.29 is 4.79 Å². The second kappa shape index (κ2) is 5.59. The summed E-state index contributed by atoms with van der Waals surface area (Å²) in [5, 5.41) is 10.7. The number of benzene rings is 1. The predicted molar refractivity (Wildman–Crippen MR) is 71.5 cm³/mol. The standard InChI is InChI=1S/C12H14N4OS/c1-8-4-2-3-5-9(8)6-7-14-10(17)11-15-16-12(13)18-11/h2-5H,6-7H2,1H3,(H2,13,16)(H,14,17). The minimum Gasteiger partial charge on any atom is -0.374 e. The summed E-state index contributed by atoms with van der Waals surface area (Å²) in [6.45, 7) is 2.63. The molecule has 0 unspecified atom stereocenters. The summed E-state index contributed by atoms with van der Waals surface area (Å²) in [6.07, 6.45) is 0.798. The van der Waals surface area contributed by atoms with Crippen LogP contribution in [-0.2, 0) is 6.42 Å². The van der Waals surface area contributed by atoms with Crippen LogP contribution in [0.15, 0.2) is 24.3 Å². The largest absolute Gasteiger partial charge is 0.374 e. The van der Waals surface area contributed by atoms with E-state index in [1.165, 1.54) is 11.1 Å². The van der Waals surface area contributed by atoms with Crippen molar-refractivity contribution in [1.29, 1.82) is 0 Å². The maximum atomic E-state index is 11.7. The Labute approximate surface area is 109 Å². The Morgan fingerprint density at radius 2 is 2.17 bits per heavy atom. The molecule has 3 N–H and O–H groups in total. The number of nitrogens with two attached hydrogens (primary N) is 1. The van der Waals surface area contributed by atoms with Gasteiger partial charge in [-0.05, 0) is 24.5 Å². The Morgan fingerprint density at radius 3 is 2.83 bits per heavy atom. The SMILES string of the molecule is Cc1ccccc1CCNC(=O)c1nnc(N)s1. The van der Waals surface area contributed by atoms with Crippen LogP contribution in [0.4, 0.5) is 5.13 Å². The molecule has 1 aromatic heterocycles. The van der Waals surface area contributed by atoms with Crippen LogP contribution in [0, 0.1) is 6.92 Å². The number of rotatable bonds is 4. The summed E-state index contributed by atoms with van der Waals surface area (Å²) in [6, 6.07) is 8.12. The second-order valence-corrected chi connectivity index (χ2v) is 4.89. The molecule has 2 aromatic rings.